The molecule has 4 aromatic carbocycles. The van der Waals surface area contributed by atoms with Gasteiger partial charge in [0.2, 0.25) is 6.23 Å². The van der Waals surface area contributed by atoms with E-state index in [0.29, 0.717) is 10.0 Å². The highest BCUT2D eigenvalue weighted by molar-refractivity contribution is 9.11. The standard InChI is InChI=1S/C26H16Br2Cl2N2O/c27-17-10-20-24-13-23(16-6-5-14-3-1-2-4-15(14)9-16)31-32(24)26(33-25(20)21(28)11-17)19-8-7-18(29)12-22(19)30/h1-12,24,26H,13H2. The van der Waals surface area contributed by atoms with Gasteiger partial charge in [0.15, 0.2) is 0 Å². The van der Waals surface area contributed by atoms with E-state index in [0.717, 1.165) is 43.5 Å². The first-order chi connectivity index (χ1) is 16.0. The van der Waals surface area contributed by atoms with Gasteiger partial charge in [-0.3, -0.25) is 0 Å². The largest absolute Gasteiger partial charge is 0.463 e. The molecule has 0 bridgehead atoms. The summed E-state index contributed by atoms with van der Waals surface area (Å²) in [6.45, 7) is 0. The van der Waals surface area contributed by atoms with Gasteiger partial charge in [-0.05, 0) is 62.6 Å². The lowest BCUT2D eigenvalue weighted by Crippen LogP contribution is -2.34. The first kappa shape index (κ1) is 21.5. The minimum atomic E-state index is -0.470. The molecule has 0 radical (unpaired) electrons. The van der Waals surface area contributed by atoms with Crippen LogP contribution < -0.4 is 4.74 Å². The average molecular weight is 603 g/mol. The van der Waals surface area contributed by atoms with Crippen molar-refractivity contribution in [2.45, 2.75) is 18.7 Å². The van der Waals surface area contributed by atoms with Crippen molar-refractivity contribution in [1.82, 2.24) is 5.01 Å². The molecule has 2 atom stereocenters. The van der Waals surface area contributed by atoms with Crippen molar-refractivity contribution in [2.24, 2.45) is 5.10 Å². The van der Waals surface area contributed by atoms with E-state index < -0.39 is 6.23 Å². The zero-order chi connectivity index (χ0) is 22.7. The molecule has 2 aliphatic rings. The summed E-state index contributed by atoms with van der Waals surface area (Å²) in [7, 11) is 0. The fourth-order valence-corrected chi connectivity index (χ4v) is 6.42. The van der Waals surface area contributed by atoms with Crippen LogP contribution in [0.3, 0.4) is 0 Å². The number of hydrogen-bond donors (Lipinski definition) is 0. The number of hydrogen-bond acceptors (Lipinski definition) is 3. The first-order valence-electron chi connectivity index (χ1n) is 10.4. The van der Waals surface area contributed by atoms with Crippen molar-refractivity contribution in [1.29, 1.82) is 0 Å². The molecular weight excluding hydrogens is 587 g/mol. The van der Waals surface area contributed by atoms with Crippen LogP contribution in [0.4, 0.5) is 0 Å². The van der Waals surface area contributed by atoms with Crippen molar-refractivity contribution in [3.63, 3.8) is 0 Å². The van der Waals surface area contributed by atoms with Crippen molar-refractivity contribution < 1.29 is 4.74 Å². The van der Waals surface area contributed by atoms with Crippen molar-refractivity contribution in [3.05, 3.63) is 108 Å². The van der Waals surface area contributed by atoms with E-state index in [4.69, 9.17) is 33.0 Å². The van der Waals surface area contributed by atoms with Crippen LogP contribution in [0.5, 0.6) is 5.75 Å². The van der Waals surface area contributed by atoms with Crippen LogP contribution in [0.2, 0.25) is 10.0 Å². The van der Waals surface area contributed by atoms with Gasteiger partial charge in [0, 0.05) is 27.0 Å². The van der Waals surface area contributed by atoms with Gasteiger partial charge in [-0.1, -0.05) is 81.6 Å². The molecule has 33 heavy (non-hydrogen) atoms. The number of fused-ring (bicyclic) bond motifs is 4. The molecule has 0 fully saturated rings. The van der Waals surface area contributed by atoms with Gasteiger partial charge in [0.25, 0.3) is 0 Å². The highest BCUT2D eigenvalue weighted by atomic mass is 79.9. The Morgan fingerprint density at radius 3 is 2.52 bits per heavy atom. The molecule has 4 aromatic rings. The monoisotopic (exact) mass is 600 g/mol. The van der Waals surface area contributed by atoms with Crippen LogP contribution in [-0.2, 0) is 0 Å². The summed E-state index contributed by atoms with van der Waals surface area (Å²) < 4.78 is 8.39. The average Bonchev–Trinajstić information content (AvgIpc) is 3.25. The minimum absolute atomic E-state index is 0.0146. The van der Waals surface area contributed by atoms with Crippen LogP contribution in [-0.4, -0.2) is 10.7 Å². The number of hydrazone groups is 1. The Bertz CT molecular complexity index is 1460. The van der Waals surface area contributed by atoms with Gasteiger partial charge < -0.3 is 4.74 Å². The van der Waals surface area contributed by atoms with E-state index in [1.807, 2.05) is 23.2 Å². The highest BCUT2D eigenvalue weighted by Gasteiger charge is 2.42. The quantitative estimate of drug-likeness (QED) is 0.229. The van der Waals surface area contributed by atoms with Gasteiger partial charge in [-0.2, -0.15) is 5.10 Å². The third-order valence-corrected chi connectivity index (χ3v) is 7.73. The smallest absolute Gasteiger partial charge is 0.215 e. The predicted molar refractivity (Wildman–Crippen MR) is 141 cm³/mol. The maximum absolute atomic E-state index is 6.61. The second-order valence-corrected chi connectivity index (χ2v) is 10.8. The Labute approximate surface area is 218 Å². The third kappa shape index (κ3) is 3.75. The highest BCUT2D eigenvalue weighted by Crippen LogP contribution is 2.51. The topological polar surface area (TPSA) is 24.8 Å². The van der Waals surface area contributed by atoms with E-state index in [1.54, 1.807) is 6.07 Å². The van der Waals surface area contributed by atoms with Crippen molar-refractivity contribution in [3.8, 4) is 5.75 Å². The molecule has 6 rings (SSSR count). The van der Waals surface area contributed by atoms with E-state index in [1.165, 1.54) is 10.8 Å². The first-order valence-corrected chi connectivity index (χ1v) is 12.8. The summed E-state index contributed by atoms with van der Waals surface area (Å²) in [4.78, 5) is 0. The van der Waals surface area contributed by atoms with Crippen LogP contribution in [0, 0.1) is 0 Å². The SMILES string of the molecule is Clc1ccc(C2Oc3c(Br)cc(Br)cc3C3CC(c4ccc5ccccc5c4)=NN32)c(Cl)c1. The van der Waals surface area contributed by atoms with Crippen LogP contribution in [0.1, 0.15) is 35.4 Å². The van der Waals surface area contributed by atoms with E-state index >= 15 is 0 Å². The fraction of sp³-hybridized carbons (Fsp3) is 0.115. The number of benzene rings is 4. The van der Waals surface area contributed by atoms with Gasteiger partial charge in [-0.25, -0.2) is 5.01 Å². The fourth-order valence-electron chi connectivity index (χ4n) is 4.56. The normalized spacial score (nSPS) is 19.2. The summed E-state index contributed by atoms with van der Waals surface area (Å²) in [5.41, 5.74) is 4.04. The van der Waals surface area contributed by atoms with E-state index in [2.05, 4.69) is 80.4 Å². The summed E-state index contributed by atoms with van der Waals surface area (Å²) in [5.74, 6) is 0.811. The van der Waals surface area contributed by atoms with Gasteiger partial charge >= 0.3 is 0 Å². The second kappa shape index (κ2) is 8.31. The molecule has 0 spiro atoms. The Balaban J connectivity index is 1.49. The van der Waals surface area contributed by atoms with Crippen molar-refractivity contribution >= 4 is 71.5 Å². The number of halogens is 4. The molecule has 0 saturated carbocycles. The second-order valence-electron chi connectivity index (χ2n) is 8.15. The molecule has 164 valence electrons. The summed E-state index contributed by atoms with van der Waals surface area (Å²) in [6, 6.07) is 24.5. The number of nitrogens with zero attached hydrogens (tertiary/aromatic N) is 2. The van der Waals surface area contributed by atoms with Crippen molar-refractivity contribution in [2.75, 3.05) is 0 Å². The maximum atomic E-state index is 6.61. The molecule has 0 saturated heterocycles. The molecule has 2 unspecified atom stereocenters. The molecule has 0 amide bonds. The lowest BCUT2D eigenvalue weighted by Gasteiger charge is -2.39. The molecule has 3 nitrogen and oxygen atoms in total. The Morgan fingerprint density at radius 1 is 0.879 bits per heavy atom. The zero-order valence-electron chi connectivity index (χ0n) is 17.1. The molecular formula is C26H16Br2Cl2N2O. The minimum Gasteiger partial charge on any atom is -0.463 e. The lowest BCUT2D eigenvalue weighted by molar-refractivity contribution is -0.0196. The molecule has 2 heterocycles. The van der Waals surface area contributed by atoms with Gasteiger partial charge in [0.1, 0.15) is 5.75 Å². The summed E-state index contributed by atoms with van der Waals surface area (Å²) in [6.07, 6.45) is 0.293. The molecule has 0 aromatic heterocycles. The Hall–Kier alpha value is -2.05. The van der Waals surface area contributed by atoms with E-state index in [-0.39, 0.29) is 6.04 Å². The Kier molecular flexibility index (Phi) is 5.41. The third-order valence-electron chi connectivity index (χ3n) is 6.12. The number of ether oxygens (including phenoxy) is 1. The Morgan fingerprint density at radius 2 is 1.70 bits per heavy atom. The zero-order valence-corrected chi connectivity index (χ0v) is 21.8. The summed E-state index contributed by atoms with van der Waals surface area (Å²) in [5, 5.41) is 10.6. The molecule has 2 aliphatic heterocycles. The van der Waals surface area contributed by atoms with Crippen LogP contribution in [0.15, 0.2) is 86.8 Å². The van der Waals surface area contributed by atoms with Crippen LogP contribution >= 0.6 is 55.1 Å². The molecule has 0 N–H and O–H groups in total. The maximum Gasteiger partial charge on any atom is 0.215 e. The van der Waals surface area contributed by atoms with Crippen LogP contribution in [0.25, 0.3) is 10.8 Å². The summed E-state index contributed by atoms with van der Waals surface area (Å²) >= 11 is 20.1. The number of rotatable bonds is 2. The van der Waals surface area contributed by atoms with Gasteiger partial charge in [-0.15, -0.1) is 0 Å². The lowest BCUT2D eigenvalue weighted by atomic mass is 9.95. The molecule has 0 aliphatic carbocycles. The van der Waals surface area contributed by atoms with E-state index in [9.17, 15) is 0 Å². The molecule has 7 heteroatoms. The van der Waals surface area contributed by atoms with Gasteiger partial charge in [0.05, 0.1) is 21.2 Å². The predicted octanol–water partition coefficient (Wildman–Crippen LogP) is 8.91.